The van der Waals surface area contributed by atoms with E-state index in [1.54, 1.807) is 26.4 Å². The predicted molar refractivity (Wildman–Crippen MR) is 101 cm³/mol. The third-order valence-electron chi connectivity index (χ3n) is 3.72. The Morgan fingerprint density at radius 1 is 1.19 bits per heavy atom. The number of nitrogens with zero attached hydrogens (tertiary/aromatic N) is 2. The minimum absolute atomic E-state index is 0.0510. The van der Waals surface area contributed by atoms with E-state index in [4.69, 9.17) is 9.47 Å². The normalized spacial score (nSPS) is 10.4. The Labute approximate surface area is 154 Å². The third-order valence-corrected chi connectivity index (χ3v) is 4.64. The van der Waals surface area contributed by atoms with Crippen LogP contribution in [0.15, 0.2) is 47.8 Å². The van der Waals surface area contributed by atoms with Crippen molar-refractivity contribution in [1.29, 1.82) is 0 Å². The van der Waals surface area contributed by atoms with Gasteiger partial charge in [-0.3, -0.25) is 10.1 Å². The van der Waals surface area contributed by atoms with Crippen molar-refractivity contribution >= 4 is 22.7 Å². The zero-order valence-corrected chi connectivity index (χ0v) is 15.1. The lowest BCUT2D eigenvalue weighted by molar-refractivity contribution is -0.384. The summed E-state index contributed by atoms with van der Waals surface area (Å²) in [5, 5.41) is 16.8. The van der Waals surface area contributed by atoms with E-state index in [1.165, 1.54) is 23.5 Å². The van der Waals surface area contributed by atoms with Gasteiger partial charge in [0.15, 0.2) is 11.5 Å². The van der Waals surface area contributed by atoms with Gasteiger partial charge in [0.2, 0.25) is 0 Å². The lowest BCUT2D eigenvalue weighted by atomic mass is 10.2. The van der Waals surface area contributed by atoms with Crippen LogP contribution in [0.1, 0.15) is 5.69 Å². The summed E-state index contributed by atoms with van der Waals surface area (Å²) in [6.07, 6.45) is 0. The van der Waals surface area contributed by atoms with Gasteiger partial charge in [0.1, 0.15) is 5.01 Å². The quantitative estimate of drug-likeness (QED) is 0.491. The minimum atomic E-state index is -0.415. The number of ether oxygens (including phenoxy) is 2. The predicted octanol–water partition coefficient (Wildman–Crippen LogP) is 4.35. The summed E-state index contributed by atoms with van der Waals surface area (Å²) in [5.74, 6) is 1.29. The fourth-order valence-electron chi connectivity index (χ4n) is 2.49. The number of nitro groups is 1. The minimum Gasteiger partial charge on any atom is -0.493 e. The second kappa shape index (κ2) is 7.83. The Morgan fingerprint density at radius 3 is 2.73 bits per heavy atom. The van der Waals surface area contributed by atoms with Crippen molar-refractivity contribution in [2.45, 2.75) is 6.54 Å². The maximum absolute atomic E-state index is 10.8. The highest BCUT2D eigenvalue weighted by Gasteiger charge is 2.14. The smallest absolute Gasteiger partial charge is 0.271 e. The van der Waals surface area contributed by atoms with Crippen LogP contribution in [0.5, 0.6) is 11.5 Å². The van der Waals surface area contributed by atoms with E-state index >= 15 is 0 Å². The molecule has 1 aromatic heterocycles. The van der Waals surface area contributed by atoms with Crippen LogP contribution in [0, 0.1) is 10.1 Å². The number of rotatable bonds is 7. The Kier molecular flexibility index (Phi) is 5.33. The van der Waals surface area contributed by atoms with Crippen LogP contribution in [0.2, 0.25) is 0 Å². The first-order chi connectivity index (χ1) is 12.6. The molecule has 0 saturated heterocycles. The largest absolute Gasteiger partial charge is 0.493 e. The van der Waals surface area contributed by atoms with Crippen molar-refractivity contribution in [3.8, 4) is 22.1 Å². The fourth-order valence-corrected chi connectivity index (χ4v) is 3.33. The first-order valence-corrected chi connectivity index (χ1v) is 8.64. The number of para-hydroxylation sites is 1. The highest BCUT2D eigenvalue weighted by molar-refractivity contribution is 7.13. The van der Waals surface area contributed by atoms with Crippen molar-refractivity contribution in [1.82, 2.24) is 4.98 Å². The van der Waals surface area contributed by atoms with Crippen molar-refractivity contribution in [3.05, 3.63) is 63.7 Å². The number of nitro benzene ring substituents is 1. The summed E-state index contributed by atoms with van der Waals surface area (Å²) in [7, 11) is 3.19. The first kappa shape index (κ1) is 17.7. The SMILES string of the molecule is COc1cccc(-c2nc(CNc3cccc([N+](=O)[O-])c3)cs2)c1OC. The van der Waals surface area contributed by atoms with Gasteiger partial charge in [0.25, 0.3) is 5.69 Å². The molecule has 0 unspecified atom stereocenters. The zero-order valence-electron chi connectivity index (χ0n) is 14.3. The van der Waals surface area contributed by atoms with Crippen molar-refractivity contribution < 1.29 is 14.4 Å². The standard InChI is InChI=1S/C18H17N3O4S/c1-24-16-8-4-7-15(17(16)25-2)18-20-13(11-26-18)10-19-12-5-3-6-14(9-12)21(22)23/h3-9,11,19H,10H2,1-2H3. The van der Waals surface area contributed by atoms with Crippen LogP contribution in [0.4, 0.5) is 11.4 Å². The summed E-state index contributed by atoms with van der Waals surface area (Å²) in [6, 6.07) is 12.0. The summed E-state index contributed by atoms with van der Waals surface area (Å²) in [4.78, 5) is 15.1. The molecule has 3 aromatic rings. The van der Waals surface area contributed by atoms with E-state index in [0.717, 1.165) is 16.3 Å². The van der Waals surface area contributed by atoms with E-state index in [9.17, 15) is 10.1 Å². The molecule has 3 rings (SSSR count). The first-order valence-electron chi connectivity index (χ1n) is 7.76. The molecular weight excluding hydrogens is 354 g/mol. The molecule has 0 radical (unpaired) electrons. The van der Waals surface area contributed by atoms with E-state index in [2.05, 4.69) is 10.3 Å². The van der Waals surface area contributed by atoms with Gasteiger partial charge < -0.3 is 14.8 Å². The molecule has 26 heavy (non-hydrogen) atoms. The lowest BCUT2D eigenvalue weighted by Crippen LogP contribution is -2.00. The molecular formula is C18H17N3O4S. The van der Waals surface area contributed by atoms with Crippen LogP contribution in [-0.4, -0.2) is 24.1 Å². The van der Waals surface area contributed by atoms with Gasteiger partial charge in [-0.2, -0.15) is 0 Å². The molecule has 0 aliphatic rings. The van der Waals surface area contributed by atoms with Crippen LogP contribution < -0.4 is 14.8 Å². The van der Waals surface area contributed by atoms with Gasteiger partial charge in [-0.05, 0) is 18.2 Å². The van der Waals surface area contributed by atoms with Crippen LogP contribution in [0.3, 0.4) is 0 Å². The molecule has 0 fully saturated rings. The molecule has 7 nitrogen and oxygen atoms in total. The molecule has 1 N–H and O–H groups in total. The Bertz CT molecular complexity index is 926. The number of aromatic nitrogens is 1. The zero-order chi connectivity index (χ0) is 18.5. The van der Waals surface area contributed by atoms with Gasteiger partial charge in [-0.1, -0.05) is 12.1 Å². The van der Waals surface area contributed by atoms with Gasteiger partial charge in [-0.25, -0.2) is 4.98 Å². The molecule has 0 bridgehead atoms. The molecule has 134 valence electrons. The fraction of sp³-hybridized carbons (Fsp3) is 0.167. The number of benzene rings is 2. The van der Waals surface area contributed by atoms with Crippen molar-refractivity contribution in [2.75, 3.05) is 19.5 Å². The highest BCUT2D eigenvalue weighted by Crippen LogP contribution is 2.39. The Hall–Kier alpha value is -3.13. The second-order valence-corrected chi connectivity index (χ2v) is 6.20. The summed E-state index contributed by atoms with van der Waals surface area (Å²) >= 11 is 1.50. The molecule has 2 aromatic carbocycles. The number of thiazole rings is 1. The number of methoxy groups -OCH3 is 2. The van der Waals surface area contributed by atoms with Gasteiger partial charge in [0.05, 0.1) is 36.9 Å². The molecule has 1 heterocycles. The van der Waals surface area contributed by atoms with E-state index in [0.29, 0.717) is 23.7 Å². The Morgan fingerprint density at radius 2 is 2.00 bits per heavy atom. The van der Waals surface area contributed by atoms with Gasteiger partial charge in [-0.15, -0.1) is 11.3 Å². The van der Waals surface area contributed by atoms with Crippen LogP contribution in [-0.2, 0) is 6.54 Å². The number of anilines is 1. The monoisotopic (exact) mass is 371 g/mol. The molecule has 0 atom stereocenters. The maximum Gasteiger partial charge on any atom is 0.271 e. The lowest BCUT2D eigenvalue weighted by Gasteiger charge is -2.10. The number of non-ortho nitro benzene ring substituents is 1. The van der Waals surface area contributed by atoms with Gasteiger partial charge >= 0.3 is 0 Å². The molecule has 0 amide bonds. The Balaban J connectivity index is 1.77. The van der Waals surface area contributed by atoms with Crippen LogP contribution >= 0.6 is 11.3 Å². The number of hydrogen-bond acceptors (Lipinski definition) is 7. The number of nitrogens with one attached hydrogen (secondary N) is 1. The average Bonchev–Trinajstić information content (AvgIpc) is 3.14. The second-order valence-electron chi connectivity index (χ2n) is 5.35. The van der Waals surface area contributed by atoms with Gasteiger partial charge in [0, 0.05) is 23.2 Å². The molecule has 0 aliphatic carbocycles. The van der Waals surface area contributed by atoms with E-state index < -0.39 is 4.92 Å². The molecule has 0 aliphatic heterocycles. The maximum atomic E-state index is 10.8. The summed E-state index contributed by atoms with van der Waals surface area (Å²) in [5.41, 5.74) is 2.42. The molecule has 0 saturated carbocycles. The summed E-state index contributed by atoms with van der Waals surface area (Å²) < 4.78 is 10.8. The third kappa shape index (κ3) is 3.75. The highest BCUT2D eigenvalue weighted by atomic mass is 32.1. The van der Waals surface area contributed by atoms with E-state index in [1.807, 2.05) is 23.6 Å². The van der Waals surface area contributed by atoms with Crippen LogP contribution in [0.25, 0.3) is 10.6 Å². The molecule has 0 spiro atoms. The summed E-state index contributed by atoms with van der Waals surface area (Å²) in [6.45, 7) is 0.462. The average molecular weight is 371 g/mol. The topological polar surface area (TPSA) is 86.5 Å². The number of hydrogen-bond donors (Lipinski definition) is 1. The van der Waals surface area contributed by atoms with Crippen molar-refractivity contribution in [2.24, 2.45) is 0 Å². The molecule has 8 heteroatoms. The van der Waals surface area contributed by atoms with Crippen molar-refractivity contribution in [3.63, 3.8) is 0 Å². The van der Waals surface area contributed by atoms with E-state index in [-0.39, 0.29) is 5.69 Å².